The molecule has 0 N–H and O–H groups in total. The fourth-order valence-electron chi connectivity index (χ4n) is 3.71. The first kappa shape index (κ1) is 18.8. The molecule has 26 heavy (non-hydrogen) atoms. The van der Waals surface area contributed by atoms with Crippen molar-refractivity contribution < 1.29 is 18.0 Å². The van der Waals surface area contributed by atoms with Crippen LogP contribution < -0.4 is 4.90 Å². The highest BCUT2D eigenvalue weighted by atomic mass is 32.2. The molecule has 8 heteroatoms. The van der Waals surface area contributed by atoms with Gasteiger partial charge in [0.25, 0.3) is 0 Å². The van der Waals surface area contributed by atoms with E-state index in [0.29, 0.717) is 13.0 Å². The van der Waals surface area contributed by atoms with Crippen LogP contribution in [0.4, 0.5) is 5.69 Å². The highest BCUT2D eigenvalue weighted by molar-refractivity contribution is 7.91. The maximum atomic E-state index is 13.1. The Hall–Kier alpha value is -1.93. The van der Waals surface area contributed by atoms with Crippen LogP contribution in [0.5, 0.6) is 0 Å². The summed E-state index contributed by atoms with van der Waals surface area (Å²) in [6, 6.07) is 7.28. The molecule has 0 spiro atoms. The molecule has 0 radical (unpaired) electrons. The van der Waals surface area contributed by atoms with Crippen molar-refractivity contribution in [3.63, 3.8) is 0 Å². The summed E-state index contributed by atoms with van der Waals surface area (Å²) in [4.78, 5) is 27.1. The third-order valence-corrected chi connectivity index (χ3v) is 6.78. The van der Waals surface area contributed by atoms with Crippen molar-refractivity contribution in [3.05, 3.63) is 29.8 Å². The Labute approximate surface area is 154 Å². The van der Waals surface area contributed by atoms with Gasteiger partial charge in [-0.25, -0.2) is 13.4 Å². The SMILES string of the molecule is Cc1ccc(N2C[C@@H](C(=O)N([C@@H]3CCS(=O)(=O)C3)N(C)C)CC2=O)cc1. The normalized spacial score (nSPS) is 25.1. The zero-order chi connectivity index (χ0) is 19.1. The van der Waals surface area contributed by atoms with E-state index in [0.717, 1.165) is 11.3 Å². The lowest BCUT2D eigenvalue weighted by atomic mass is 10.1. The highest BCUT2D eigenvalue weighted by Gasteiger charge is 2.42. The molecule has 0 unspecified atom stereocenters. The number of carbonyl (C=O) groups excluding carboxylic acids is 2. The van der Waals surface area contributed by atoms with Gasteiger partial charge in [0.05, 0.1) is 23.5 Å². The molecule has 2 atom stereocenters. The molecule has 0 bridgehead atoms. The molecule has 1 aromatic rings. The van der Waals surface area contributed by atoms with Crippen LogP contribution in [0.15, 0.2) is 24.3 Å². The molecule has 0 saturated carbocycles. The average molecular weight is 379 g/mol. The average Bonchev–Trinajstić information content (AvgIpc) is 3.11. The van der Waals surface area contributed by atoms with Crippen LogP contribution in [0.25, 0.3) is 0 Å². The van der Waals surface area contributed by atoms with Gasteiger partial charge in [0, 0.05) is 32.7 Å². The number of hydrazine groups is 1. The first-order valence-electron chi connectivity index (χ1n) is 8.76. The lowest BCUT2D eigenvalue weighted by molar-refractivity contribution is -0.153. The van der Waals surface area contributed by atoms with Gasteiger partial charge in [0.2, 0.25) is 11.8 Å². The van der Waals surface area contributed by atoms with E-state index in [-0.39, 0.29) is 35.8 Å². The van der Waals surface area contributed by atoms with Gasteiger partial charge in [-0.1, -0.05) is 17.7 Å². The van der Waals surface area contributed by atoms with Crippen molar-refractivity contribution in [1.29, 1.82) is 0 Å². The number of hydrogen-bond donors (Lipinski definition) is 0. The summed E-state index contributed by atoms with van der Waals surface area (Å²) in [7, 11) is 0.369. The Morgan fingerprint density at radius 3 is 2.38 bits per heavy atom. The Morgan fingerprint density at radius 1 is 1.19 bits per heavy atom. The standard InChI is InChI=1S/C18H25N3O4S/c1-13-4-6-15(7-5-13)20-11-14(10-17(20)22)18(23)21(19(2)3)16-8-9-26(24,25)12-16/h4-7,14,16H,8-12H2,1-3H3/t14-,16+/m0/s1. The Bertz CT molecular complexity index is 804. The van der Waals surface area contributed by atoms with E-state index in [9.17, 15) is 18.0 Å². The number of carbonyl (C=O) groups is 2. The van der Waals surface area contributed by atoms with Crippen LogP contribution >= 0.6 is 0 Å². The summed E-state index contributed by atoms with van der Waals surface area (Å²) in [6.07, 6.45) is 0.588. The number of aryl methyl sites for hydroxylation is 1. The molecule has 2 amide bonds. The number of hydrogen-bond acceptors (Lipinski definition) is 5. The molecule has 2 fully saturated rings. The van der Waals surface area contributed by atoms with E-state index in [1.165, 1.54) is 5.01 Å². The minimum absolute atomic E-state index is 0.0146. The van der Waals surface area contributed by atoms with E-state index >= 15 is 0 Å². The largest absolute Gasteiger partial charge is 0.312 e. The zero-order valence-corrected chi connectivity index (χ0v) is 16.2. The Kier molecular flexibility index (Phi) is 5.07. The molecule has 0 aromatic heterocycles. The van der Waals surface area contributed by atoms with Gasteiger partial charge in [0.1, 0.15) is 0 Å². The van der Waals surface area contributed by atoms with Crippen molar-refractivity contribution in [2.45, 2.75) is 25.8 Å². The van der Waals surface area contributed by atoms with Gasteiger partial charge in [-0.3, -0.25) is 14.6 Å². The third kappa shape index (κ3) is 3.76. The van der Waals surface area contributed by atoms with Crippen molar-refractivity contribution in [2.24, 2.45) is 5.92 Å². The van der Waals surface area contributed by atoms with Crippen LogP contribution in [-0.2, 0) is 19.4 Å². The minimum atomic E-state index is -3.10. The topological polar surface area (TPSA) is 78.0 Å². The van der Waals surface area contributed by atoms with Crippen LogP contribution in [0, 0.1) is 12.8 Å². The summed E-state index contributed by atoms with van der Waals surface area (Å²) in [6.45, 7) is 2.30. The van der Waals surface area contributed by atoms with Crippen LogP contribution in [0.1, 0.15) is 18.4 Å². The highest BCUT2D eigenvalue weighted by Crippen LogP contribution is 2.28. The maximum absolute atomic E-state index is 13.1. The van der Waals surface area contributed by atoms with E-state index in [4.69, 9.17) is 0 Å². The van der Waals surface area contributed by atoms with Gasteiger partial charge < -0.3 is 4.90 Å². The first-order chi connectivity index (χ1) is 12.2. The molecule has 142 valence electrons. The summed E-state index contributed by atoms with van der Waals surface area (Å²) >= 11 is 0. The second kappa shape index (κ2) is 7.00. The number of amides is 2. The van der Waals surface area contributed by atoms with E-state index in [1.54, 1.807) is 24.0 Å². The van der Waals surface area contributed by atoms with Crippen molar-refractivity contribution >= 4 is 27.3 Å². The molecular weight excluding hydrogens is 354 g/mol. The van der Waals surface area contributed by atoms with Crippen molar-refractivity contribution in [2.75, 3.05) is 37.0 Å². The van der Waals surface area contributed by atoms with Crippen LogP contribution in [0.3, 0.4) is 0 Å². The van der Waals surface area contributed by atoms with E-state index in [2.05, 4.69) is 0 Å². The fourth-order valence-corrected chi connectivity index (χ4v) is 5.40. The molecule has 0 aliphatic carbocycles. The Balaban J connectivity index is 1.76. The van der Waals surface area contributed by atoms with Gasteiger partial charge in [-0.2, -0.15) is 0 Å². The summed E-state index contributed by atoms with van der Waals surface area (Å²) in [5, 5.41) is 3.17. The van der Waals surface area contributed by atoms with E-state index < -0.39 is 15.8 Å². The molecule has 2 heterocycles. The fraction of sp³-hybridized carbons (Fsp3) is 0.556. The lowest BCUT2D eigenvalue weighted by Gasteiger charge is -2.35. The second-order valence-electron chi connectivity index (χ2n) is 7.33. The van der Waals surface area contributed by atoms with Crippen LogP contribution in [-0.4, -0.2) is 68.4 Å². The predicted octanol–water partition coefficient (Wildman–Crippen LogP) is 0.840. The summed E-state index contributed by atoms with van der Waals surface area (Å²) in [5.41, 5.74) is 1.89. The molecule has 3 rings (SSSR count). The Morgan fingerprint density at radius 2 is 1.85 bits per heavy atom. The minimum Gasteiger partial charge on any atom is -0.312 e. The molecule has 2 aliphatic rings. The molecule has 2 aliphatic heterocycles. The number of benzene rings is 1. The number of sulfone groups is 1. The number of rotatable bonds is 4. The van der Waals surface area contributed by atoms with Crippen molar-refractivity contribution in [1.82, 2.24) is 10.0 Å². The maximum Gasteiger partial charge on any atom is 0.242 e. The van der Waals surface area contributed by atoms with Gasteiger partial charge in [-0.15, -0.1) is 0 Å². The summed E-state index contributed by atoms with van der Waals surface area (Å²) in [5.74, 6) is -0.632. The van der Waals surface area contributed by atoms with Crippen LogP contribution in [0.2, 0.25) is 0 Å². The van der Waals surface area contributed by atoms with Gasteiger partial charge in [-0.05, 0) is 25.5 Å². The molecule has 2 saturated heterocycles. The van der Waals surface area contributed by atoms with Gasteiger partial charge in [0.15, 0.2) is 9.84 Å². The number of nitrogens with zero attached hydrogens (tertiary/aromatic N) is 3. The monoisotopic (exact) mass is 379 g/mol. The van der Waals surface area contributed by atoms with E-state index in [1.807, 2.05) is 31.2 Å². The smallest absolute Gasteiger partial charge is 0.242 e. The van der Waals surface area contributed by atoms with Gasteiger partial charge >= 0.3 is 0 Å². The first-order valence-corrected chi connectivity index (χ1v) is 10.6. The third-order valence-electron chi connectivity index (χ3n) is 5.03. The zero-order valence-electron chi connectivity index (χ0n) is 15.4. The molecule has 1 aromatic carbocycles. The predicted molar refractivity (Wildman–Crippen MR) is 99.2 cm³/mol. The lowest BCUT2D eigenvalue weighted by Crippen LogP contribution is -2.52. The number of anilines is 1. The molecular formula is C18H25N3O4S. The molecule has 7 nitrogen and oxygen atoms in total. The quantitative estimate of drug-likeness (QED) is 0.725. The second-order valence-corrected chi connectivity index (χ2v) is 9.56. The van der Waals surface area contributed by atoms with Crippen molar-refractivity contribution in [3.8, 4) is 0 Å². The summed E-state index contributed by atoms with van der Waals surface area (Å²) < 4.78 is 23.6.